The van der Waals surface area contributed by atoms with Gasteiger partial charge in [-0.1, -0.05) is 19.4 Å². The summed E-state index contributed by atoms with van der Waals surface area (Å²) in [5, 5.41) is 9.40. The molecular formula is C22H26N6O2. The van der Waals surface area contributed by atoms with Gasteiger partial charge in [0.25, 0.3) is 5.56 Å². The number of carbonyl (C=O) groups is 1. The van der Waals surface area contributed by atoms with Crippen LogP contribution in [0.15, 0.2) is 35.9 Å². The van der Waals surface area contributed by atoms with Crippen LogP contribution in [0.25, 0.3) is 5.70 Å². The van der Waals surface area contributed by atoms with Crippen molar-refractivity contribution in [3.8, 4) is 0 Å². The summed E-state index contributed by atoms with van der Waals surface area (Å²) in [4.78, 5) is 33.8. The Kier molecular flexibility index (Phi) is 4.38. The second-order valence-electron chi connectivity index (χ2n) is 8.68. The third kappa shape index (κ3) is 3.16. The summed E-state index contributed by atoms with van der Waals surface area (Å²) in [5.74, 6) is 1.34. The van der Waals surface area contributed by atoms with Gasteiger partial charge in [0.05, 0.1) is 11.4 Å². The predicted molar refractivity (Wildman–Crippen MR) is 115 cm³/mol. The predicted octanol–water partition coefficient (Wildman–Crippen LogP) is 3.17. The van der Waals surface area contributed by atoms with Crippen LogP contribution in [-0.4, -0.2) is 20.4 Å². The number of aromatic nitrogens is 3. The van der Waals surface area contributed by atoms with Crippen molar-refractivity contribution >= 4 is 28.9 Å². The largest absolute Gasteiger partial charge is 0.361 e. The summed E-state index contributed by atoms with van der Waals surface area (Å²) in [7, 11) is 0. The van der Waals surface area contributed by atoms with Crippen molar-refractivity contribution < 1.29 is 4.79 Å². The van der Waals surface area contributed by atoms with E-state index < -0.39 is 5.66 Å². The Labute approximate surface area is 174 Å². The first-order valence-corrected chi connectivity index (χ1v) is 10.6. The van der Waals surface area contributed by atoms with Crippen LogP contribution in [0.3, 0.4) is 0 Å². The average molecular weight is 406 g/mol. The lowest BCUT2D eigenvalue weighted by Crippen LogP contribution is -2.48. The van der Waals surface area contributed by atoms with Gasteiger partial charge in [-0.15, -0.1) is 0 Å². The molecule has 0 bridgehead atoms. The van der Waals surface area contributed by atoms with Crippen molar-refractivity contribution in [1.29, 1.82) is 0 Å². The molecule has 0 radical (unpaired) electrons. The molecule has 156 valence electrons. The van der Waals surface area contributed by atoms with E-state index in [1.54, 1.807) is 12.1 Å². The molecule has 5 rings (SSSR count). The van der Waals surface area contributed by atoms with E-state index in [1.807, 2.05) is 10.6 Å². The summed E-state index contributed by atoms with van der Waals surface area (Å²) in [6.45, 7) is 6.21. The van der Waals surface area contributed by atoms with E-state index >= 15 is 0 Å². The summed E-state index contributed by atoms with van der Waals surface area (Å²) in [5.41, 5.74) is 1.43. The minimum atomic E-state index is -0.479. The molecule has 2 aromatic heterocycles. The first kappa shape index (κ1) is 18.8. The Morgan fingerprint density at radius 3 is 2.67 bits per heavy atom. The molecule has 3 aliphatic rings. The van der Waals surface area contributed by atoms with Crippen molar-refractivity contribution in [3.63, 3.8) is 0 Å². The molecule has 8 nitrogen and oxygen atoms in total. The van der Waals surface area contributed by atoms with Crippen molar-refractivity contribution in [2.75, 3.05) is 10.6 Å². The quantitative estimate of drug-likeness (QED) is 0.705. The molecule has 2 saturated carbocycles. The highest BCUT2D eigenvalue weighted by Crippen LogP contribution is 2.42. The van der Waals surface area contributed by atoms with Gasteiger partial charge in [0.2, 0.25) is 5.91 Å². The van der Waals surface area contributed by atoms with E-state index in [1.165, 1.54) is 19.2 Å². The van der Waals surface area contributed by atoms with Gasteiger partial charge in [-0.3, -0.25) is 14.2 Å². The molecule has 2 fully saturated rings. The normalized spacial score (nSPS) is 23.2. The molecule has 30 heavy (non-hydrogen) atoms. The fourth-order valence-electron chi connectivity index (χ4n) is 4.73. The van der Waals surface area contributed by atoms with E-state index in [4.69, 9.17) is 0 Å². The molecule has 1 aliphatic heterocycles. The standard InChI is InChI=1S/C22H26N6O2/c1-13-17-10-9-16(21(30)28(17)22(2,27-13)15-5-3-4-6-15)25-18-11-19(24-12-23-18)26-20(29)14-7-8-14/h9-12,14-15,27H,1,3-8H2,2H3,(H2,23,24,25,26,29). The number of hydrogen-bond acceptors (Lipinski definition) is 6. The monoisotopic (exact) mass is 406 g/mol. The molecule has 0 spiro atoms. The van der Waals surface area contributed by atoms with E-state index in [0.717, 1.165) is 37.1 Å². The molecule has 0 saturated heterocycles. The lowest BCUT2D eigenvalue weighted by atomic mass is 9.92. The van der Waals surface area contributed by atoms with E-state index in [-0.39, 0.29) is 17.4 Å². The lowest BCUT2D eigenvalue weighted by Gasteiger charge is -2.34. The van der Waals surface area contributed by atoms with Crippen LogP contribution in [0.4, 0.5) is 17.3 Å². The number of pyridine rings is 1. The molecule has 3 heterocycles. The third-order valence-electron chi connectivity index (χ3n) is 6.54. The van der Waals surface area contributed by atoms with Crippen molar-refractivity contribution in [2.24, 2.45) is 11.8 Å². The van der Waals surface area contributed by atoms with Crippen molar-refractivity contribution in [2.45, 2.75) is 51.1 Å². The Bertz CT molecular complexity index is 1080. The number of anilines is 3. The maximum absolute atomic E-state index is 13.4. The lowest BCUT2D eigenvalue weighted by molar-refractivity contribution is -0.117. The maximum Gasteiger partial charge on any atom is 0.276 e. The van der Waals surface area contributed by atoms with Gasteiger partial charge in [-0.05, 0) is 44.7 Å². The topological polar surface area (TPSA) is 101 Å². The Balaban J connectivity index is 1.45. The summed E-state index contributed by atoms with van der Waals surface area (Å²) >= 11 is 0. The van der Waals surface area contributed by atoms with Gasteiger partial charge < -0.3 is 16.0 Å². The number of nitrogens with zero attached hydrogens (tertiary/aromatic N) is 3. The van der Waals surface area contributed by atoms with Crippen LogP contribution in [-0.2, 0) is 10.5 Å². The Hall–Kier alpha value is -3.16. The molecule has 1 atom stereocenters. The zero-order chi connectivity index (χ0) is 20.9. The maximum atomic E-state index is 13.4. The Morgan fingerprint density at radius 1 is 1.20 bits per heavy atom. The number of hydrogen-bond donors (Lipinski definition) is 3. The summed E-state index contributed by atoms with van der Waals surface area (Å²) in [6, 6.07) is 5.31. The zero-order valence-electron chi connectivity index (χ0n) is 17.1. The van der Waals surface area contributed by atoms with Crippen LogP contribution >= 0.6 is 0 Å². The molecule has 1 unspecified atom stereocenters. The van der Waals surface area contributed by atoms with Crippen molar-refractivity contribution in [3.05, 3.63) is 47.2 Å². The minimum Gasteiger partial charge on any atom is -0.361 e. The van der Waals surface area contributed by atoms with Crippen LogP contribution in [0.2, 0.25) is 0 Å². The first-order valence-electron chi connectivity index (χ1n) is 10.6. The molecule has 3 N–H and O–H groups in total. The molecule has 2 aromatic rings. The summed E-state index contributed by atoms with van der Waals surface area (Å²) < 4.78 is 1.84. The second-order valence-corrected chi connectivity index (χ2v) is 8.68. The van der Waals surface area contributed by atoms with Crippen molar-refractivity contribution in [1.82, 2.24) is 19.9 Å². The van der Waals surface area contributed by atoms with Crippen LogP contribution in [0.1, 0.15) is 51.1 Å². The fourth-order valence-corrected chi connectivity index (χ4v) is 4.73. The van der Waals surface area contributed by atoms with Gasteiger partial charge in [0.15, 0.2) is 0 Å². The van der Waals surface area contributed by atoms with Gasteiger partial charge in [-0.25, -0.2) is 9.97 Å². The van der Waals surface area contributed by atoms with E-state index in [0.29, 0.717) is 23.2 Å². The smallest absolute Gasteiger partial charge is 0.276 e. The molecule has 2 aliphatic carbocycles. The number of rotatable bonds is 5. The average Bonchev–Trinajstić information content (AvgIpc) is 3.35. The highest BCUT2D eigenvalue weighted by molar-refractivity contribution is 5.93. The van der Waals surface area contributed by atoms with Gasteiger partial charge in [0, 0.05) is 17.9 Å². The van der Waals surface area contributed by atoms with Gasteiger partial charge in [0.1, 0.15) is 29.3 Å². The molecule has 8 heteroatoms. The number of carbonyl (C=O) groups excluding carboxylic acids is 1. The van der Waals surface area contributed by atoms with Crippen LogP contribution < -0.4 is 21.5 Å². The SMILES string of the molecule is C=C1NC(C)(C2CCCC2)n2c1ccc(Nc1cc(NC(=O)C3CC3)ncn1)c2=O. The minimum absolute atomic E-state index is 0.0193. The number of nitrogens with one attached hydrogen (secondary N) is 3. The molecular weight excluding hydrogens is 380 g/mol. The number of amides is 1. The van der Waals surface area contributed by atoms with Crippen LogP contribution in [0.5, 0.6) is 0 Å². The fraction of sp³-hybridized carbons (Fsp3) is 0.455. The zero-order valence-corrected chi connectivity index (χ0v) is 17.1. The second kappa shape index (κ2) is 6.97. The van der Waals surface area contributed by atoms with E-state index in [2.05, 4.69) is 39.4 Å². The van der Waals surface area contributed by atoms with Gasteiger partial charge in [-0.2, -0.15) is 0 Å². The van der Waals surface area contributed by atoms with E-state index in [9.17, 15) is 9.59 Å². The molecule has 1 amide bonds. The Morgan fingerprint density at radius 2 is 1.93 bits per heavy atom. The van der Waals surface area contributed by atoms with Crippen LogP contribution in [0, 0.1) is 11.8 Å². The number of fused-ring (bicyclic) bond motifs is 1. The first-order chi connectivity index (χ1) is 14.5. The van der Waals surface area contributed by atoms with Gasteiger partial charge >= 0.3 is 0 Å². The third-order valence-corrected chi connectivity index (χ3v) is 6.54. The highest BCUT2D eigenvalue weighted by Gasteiger charge is 2.44. The highest BCUT2D eigenvalue weighted by atomic mass is 16.2. The summed E-state index contributed by atoms with van der Waals surface area (Å²) in [6.07, 6.45) is 7.79. The molecule has 0 aromatic carbocycles.